The first-order valence-corrected chi connectivity index (χ1v) is 8.12. The first kappa shape index (κ1) is 16.0. The first-order chi connectivity index (χ1) is 12.2. The summed E-state index contributed by atoms with van der Waals surface area (Å²) < 4.78 is 30.3. The Morgan fingerprint density at radius 3 is 3.16 bits per heavy atom. The van der Waals surface area contributed by atoms with E-state index in [9.17, 15) is 4.39 Å². The summed E-state index contributed by atoms with van der Waals surface area (Å²) in [7, 11) is 1.58. The Balaban J connectivity index is 1.51. The number of nitrogens with zero attached hydrogens (tertiary/aromatic N) is 4. The van der Waals surface area contributed by atoms with Crippen molar-refractivity contribution in [1.82, 2.24) is 15.0 Å². The zero-order valence-electron chi connectivity index (χ0n) is 13.9. The van der Waals surface area contributed by atoms with Gasteiger partial charge in [0.1, 0.15) is 12.1 Å². The third-order valence-corrected chi connectivity index (χ3v) is 4.90. The molecule has 0 saturated carbocycles. The molecule has 0 bridgehead atoms. The van der Waals surface area contributed by atoms with Gasteiger partial charge in [0.15, 0.2) is 5.82 Å². The molecule has 2 aliphatic rings. The molecule has 132 valence electrons. The van der Waals surface area contributed by atoms with Crippen LogP contribution in [0.25, 0.3) is 0 Å². The van der Waals surface area contributed by atoms with E-state index in [0.29, 0.717) is 38.2 Å². The number of ether oxygens (including phenoxy) is 3. The Bertz CT molecular complexity index is 762. The molecule has 4 rings (SSSR count). The lowest BCUT2D eigenvalue weighted by molar-refractivity contribution is 0.106. The van der Waals surface area contributed by atoms with Gasteiger partial charge in [-0.3, -0.25) is 0 Å². The van der Waals surface area contributed by atoms with Gasteiger partial charge in [0.2, 0.25) is 11.8 Å². The van der Waals surface area contributed by atoms with Gasteiger partial charge in [-0.15, -0.1) is 0 Å². The van der Waals surface area contributed by atoms with Crippen molar-refractivity contribution in [3.05, 3.63) is 36.5 Å². The van der Waals surface area contributed by atoms with E-state index in [1.807, 2.05) is 6.07 Å². The number of aromatic nitrogens is 3. The molecular weight excluding hydrogens is 327 g/mol. The maximum Gasteiger partial charge on any atom is 0.250 e. The SMILES string of the molecule is COc1cc(N2C[C@@H]3COC[C@]3(COc3ncccc3F)C2)ncn1. The fourth-order valence-corrected chi connectivity index (χ4v) is 3.51. The van der Waals surface area contributed by atoms with Crippen LogP contribution >= 0.6 is 0 Å². The van der Waals surface area contributed by atoms with E-state index in [-0.39, 0.29) is 11.3 Å². The predicted molar refractivity (Wildman–Crippen MR) is 87.2 cm³/mol. The van der Waals surface area contributed by atoms with Crippen LogP contribution in [0.2, 0.25) is 0 Å². The maximum atomic E-state index is 13.8. The van der Waals surface area contributed by atoms with Gasteiger partial charge in [0, 0.05) is 31.3 Å². The third-order valence-electron chi connectivity index (χ3n) is 4.90. The molecule has 25 heavy (non-hydrogen) atoms. The molecule has 8 heteroatoms. The fourth-order valence-electron chi connectivity index (χ4n) is 3.51. The molecule has 0 N–H and O–H groups in total. The highest BCUT2D eigenvalue weighted by molar-refractivity contribution is 5.43. The monoisotopic (exact) mass is 346 g/mol. The zero-order valence-corrected chi connectivity index (χ0v) is 13.9. The first-order valence-electron chi connectivity index (χ1n) is 8.12. The molecule has 2 atom stereocenters. The highest BCUT2D eigenvalue weighted by Crippen LogP contribution is 2.43. The topological polar surface area (TPSA) is 69.6 Å². The largest absolute Gasteiger partial charge is 0.481 e. The van der Waals surface area contributed by atoms with Crippen LogP contribution in [0.5, 0.6) is 11.8 Å². The van der Waals surface area contributed by atoms with Crippen LogP contribution in [0, 0.1) is 17.2 Å². The Kier molecular flexibility index (Phi) is 4.12. The van der Waals surface area contributed by atoms with Crippen molar-refractivity contribution in [2.45, 2.75) is 0 Å². The van der Waals surface area contributed by atoms with E-state index in [0.717, 1.165) is 12.4 Å². The van der Waals surface area contributed by atoms with Crippen LogP contribution in [0.3, 0.4) is 0 Å². The highest BCUT2D eigenvalue weighted by atomic mass is 19.1. The smallest absolute Gasteiger partial charge is 0.250 e. The number of anilines is 1. The van der Waals surface area contributed by atoms with E-state index in [1.54, 1.807) is 13.2 Å². The summed E-state index contributed by atoms with van der Waals surface area (Å²) in [6.45, 7) is 3.10. The summed E-state index contributed by atoms with van der Waals surface area (Å²) in [4.78, 5) is 14.5. The normalized spacial score (nSPS) is 25.0. The molecule has 2 fully saturated rings. The van der Waals surface area contributed by atoms with E-state index in [4.69, 9.17) is 14.2 Å². The number of pyridine rings is 1. The van der Waals surface area contributed by atoms with Crippen molar-refractivity contribution in [3.63, 3.8) is 0 Å². The summed E-state index contributed by atoms with van der Waals surface area (Å²) in [5.74, 6) is 1.21. The van der Waals surface area contributed by atoms with Crippen LogP contribution in [0.4, 0.5) is 10.2 Å². The minimum absolute atomic E-state index is 0.0321. The molecule has 0 radical (unpaired) electrons. The Labute approximate surface area is 144 Å². The minimum Gasteiger partial charge on any atom is -0.481 e. The van der Waals surface area contributed by atoms with Crippen LogP contribution in [-0.2, 0) is 4.74 Å². The molecule has 2 saturated heterocycles. The van der Waals surface area contributed by atoms with Crippen molar-refractivity contribution in [3.8, 4) is 11.8 Å². The van der Waals surface area contributed by atoms with Crippen LogP contribution < -0.4 is 14.4 Å². The van der Waals surface area contributed by atoms with E-state index >= 15 is 0 Å². The lowest BCUT2D eigenvalue weighted by atomic mass is 9.82. The second kappa shape index (κ2) is 6.44. The molecular formula is C17H19FN4O3. The molecule has 0 unspecified atom stereocenters. The standard InChI is InChI=1S/C17H19FN4O3/c1-23-15-5-14(20-11-21-15)22-6-12-7-24-9-17(12,8-22)10-25-16-13(18)3-2-4-19-16/h2-5,11-12H,6-10H2,1H3/t12-,17+/m1/s1. The predicted octanol–water partition coefficient (Wildman–Crippen LogP) is 1.55. The van der Waals surface area contributed by atoms with E-state index in [1.165, 1.54) is 18.6 Å². The summed E-state index contributed by atoms with van der Waals surface area (Å²) >= 11 is 0. The summed E-state index contributed by atoms with van der Waals surface area (Å²) in [5.41, 5.74) is -0.206. The van der Waals surface area contributed by atoms with Crippen LogP contribution in [0.1, 0.15) is 0 Å². The van der Waals surface area contributed by atoms with Gasteiger partial charge in [-0.2, -0.15) is 0 Å². The molecule has 0 aliphatic carbocycles. The molecule has 2 aromatic heterocycles. The maximum absolute atomic E-state index is 13.8. The Morgan fingerprint density at radius 1 is 1.40 bits per heavy atom. The lowest BCUT2D eigenvalue weighted by Gasteiger charge is -2.27. The van der Waals surface area contributed by atoms with Crippen molar-refractivity contribution in [1.29, 1.82) is 0 Å². The van der Waals surface area contributed by atoms with Gasteiger partial charge in [-0.25, -0.2) is 19.3 Å². The van der Waals surface area contributed by atoms with Crippen LogP contribution in [0.15, 0.2) is 30.7 Å². The number of rotatable bonds is 5. The van der Waals surface area contributed by atoms with Gasteiger partial charge < -0.3 is 19.1 Å². The second-order valence-electron chi connectivity index (χ2n) is 6.45. The number of methoxy groups -OCH3 is 1. The van der Waals surface area contributed by atoms with Gasteiger partial charge >= 0.3 is 0 Å². The molecule has 2 aliphatic heterocycles. The summed E-state index contributed by atoms with van der Waals surface area (Å²) in [6, 6.07) is 4.70. The van der Waals surface area contributed by atoms with Gasteiger partial charge in [0.05, 0.1) is 32.3 Å². The average Bonchev–Trinajstić information content (AvgIpc) is 3.18. The summed E-state index contributed by atoms with van der Waals surface area (Å²) in [6.07, 6.45) is 3.01. The summed E-state index contributed by atoms with van der Waals surface area (Å²) in [5, 5.41) is 0. The third kappa shape index (κ3) is 2.97. The molecule has 4 heterocycles. The molecule has 2 aromatic rings. The second-order valence-corrected chi connectivity index (χ2v) is 6.45. The van der Waals surface area contributed by atoms with Crippen molar-refractivity contribution in [2.75, 3.05) is 44.9 Å². The Morgan fingerprint density at radius 2 is 2.32 bits per heavy atom. The highest BCUT2D eigenvalue weighted by Gasteiger charge is 2.52. The van der Waals surface area contributed by atoms with Crippen molar-refractivity contribution >= 4 is 5.82 Å². The van der Waals surface area contributed by atoms with Crippen molar-refractivity contribution in [2.24, 2.45) is 11.3 Å². The molecule has 7 nitrogen and oxygen atoms in total. The number of hydrogen-bond donors (Lipinski definition) is 0. The quantitative estimate of drug-likeness (QED) is 0.813. The van der Waals surface area contributed by atoms with Crippen LogP contribution in [-0.4, -0.2) is 55.0 Å². The van der Waals surface area contributed by atoms with E-state index in [2.05, 4.69) is 19.9 Å². The Hall–Kier alpha value is -2.48. The number of halogens is 1. The minimum atomic E-state index is -0.454. The molecule has 0 amide bonds. The van der Waals surface area contributed by atoms with Gasteiger partial charge in [0.25, 0.3) is 0 Å². The van der Waals surface area contributed by atoms with Gasteiger partial charge in [-0.1, -0.05) is 0 Å². The van der Waals surface area contributed by atoms with Crippen molar-refractivity contribution < 1.29 is 18.6 Å². The average molecular weight is 346 g/mol. The zero-order chi connectivity index (χ0) is 17.3. The lowest BCUT2D eigenvalue weighted by Crippen LogP contribution is -2.37. The number of fused-ring (bicyclic) bond motifs is 1. The fraction of sp³-hybridized carbons (Fsp3) is 0.471. The molecule has 0 spiro atoms. The number of hydrogen-bond acceptors (Lipinski definition) is 7. The molecule has 0 aromatic carbocycles. The van der Waals surface area contributed by atoms with Gasteiger partial charge in [-0.05, 0) is 12.1 Å². The van der Waals surface area contributed by atoms with E-state index < -0.39 is 5.82 Å².